The Bertz CT molecular complexity index is 869. The summed E-state index contributed by atoms with van der Waals surface area (Å²) < 4.78 is 5.68. The fourth-order valence-electron chi connectivity index (χ4n) is 2.46. The van der Waals surface area contributed by atoms with Gasteiger partial charge in [-0.15, -0.1) is 0 Å². The van der Waals surface area contributed by atoms with Crippen molar-refractivity contribution in [1.29, 1.82) is 5.26 Å². The van der Waals surface area contributed by atoms with Crippen molar-refractivity contribution < 1.29 is 9.21 Å². The second-order valence-corrected chi connectivity index (χ2v) is 6.73. The standard InChI is InChI=1S/C19H17N3O2S/c1-14(25-19-21-16-10-5-6-11-17(16)24-19)18(23)22(13-7-12-20)15-8-3-2-4-9-15/h2-6,8-11,14H,7,13H2,1H3/t14-/m0/s1. The van der Waals surface area contributed by atoms with Gasteiger partial charge in [0.25, 0.3) is 5.22 Å². The maximum absolute atomic E-state index is 12.9. The third-order valence-electron chi connectivity index (χ3n) is 3.68. The molecule has 0 aliphatic carbocycles. The molecular weight excluding hydrogens is 334 g/mol. The molecule has 0 saturated heterocycles. The molecule has 2 aromatic carbocycles. The summed E-state index contributed by atoms with van der Waals surface area (Å²) in [6.07, 6.45) is 0.279. The molecule has 6 heteroatoms. The van der Waals surface area contributed by atoms with Gasteiger partial charge in [-0.25, -0.2) is 4.98 Å². The summed E-state index contributed by atoms with van der Waals surface area (Å²) in [6.45, 7) is 2.18. The minimum Gasteiger partial charge on any atom is -0.431 e. The quantitative estimate of drug-likeness (QED) is 0.621. The Labute approximate surface area is 150 Å². The van der Waals surface area contributed by atoms with Crippen molar-refractivity contribution in [2.75, 3.05) is 11.4 Å². The first-order valence-electron chi connectivity index (χ1n) is 7.94. The summed E-state index contributed by atoms with van der Waals surface area (Å²) in [5.41, 5.74) is 2.26. The maximum Gasteiger partial charge on any atom is 0.257 e. The van der Waals surface area contributed by atoms with Gasteiger partial charge >= 0.3 is 0 Å². The molecule has 0 unspecified atom stereocenters. The van der Waals surface area contributed by atoms with E-state index in [4.69, 9.17) is 9.68 Å². The van der Waals surface area contributed by atoms with E-state index in [0.29, 0.717) is 17.4 Å². The van der Waals surface area contributed by atoms with Crippen molar-refractivity contribution in [3.8, 4) is 6.07 Å². The second-order valence-electron chi connectivity index (χ2n) is 5.44. The molecular formula is C19H17N3O2S. The number of para-hydroxylation sites is 3. The Morgan fingerprint density at radius 2 is 1.96 bits per heavy atom. The predicted molar refractivity (Wildman–Crippen MR) is 98.4 cm³/mol. The van der Waals surface area contributed by atoms with Crippen molar-refractivity contribution in [3.63, 3.8) is 0 Å². The first kappa shape index (κ1) is 17.1. The zero-order valence-electron chi connectivity index (χ0n) is 13.8. The summed E-state index contributed by atoms with van der Waals surface area (Å²) in [7, 11) is 0. The number of rotatable bonds is 6. The highest BCUT2D eigenvalue weighted by atomic mass is 32.2. The van der Waals surface area contributed by atoms with Crippen LogP contribution in [0.1, 0.15) is 13.3 Å². The number of oxazole rings is 1. The van der Waals surface area contributed by atoms with Gasteiger partial charge in [-0.3, -0.25) is 4.79 Å². The number of nitrogens with zero attached hydrogens (tertiary/aromatic N) is 3. The second kappa shape index (κ2) is 7.86. The van der Waals surface area contributed by atoms with E-state index in [1.54, 1.807) is 4.90 Å². The summed E-state index contributed by atoms with van der Waals surface area (Å²) in [5.74, 6) is -0.0753. The number of fused-ring (bicyclic) bond motifs is 1. The molecule has 0 fully saturated rings. The van der Waals surface area contributed by atoms with Gasteiger partial charge in [0.15, 0.2) is 5.58 Å². The van der Waals surface area contributed by atoms with E-state index in [1.165, 1.54) is 11.8 Å². The summed E-state index contributed by atoms with van der Waals surface area (Å²) in [6, 6.07) is 19.0. The molecule has 0 radical (unpaired) electrons. The molecule has 25 heavy (non-hydrogen) atoms. The number of carbonyl (C=O) groups excluding carboxylic acids is 1. The van der Waals surface area contributed by atoms with Crippen molar-refractivity contribution in [2.45, 2.75) is 23.8 Å². The molecule has 5 nitrogen and oxygen atoms in total. The van der Waals surface area contributed by atoms with Crippen LogP contribution in [0.2, 0.25) is 0 Å². The molecule has 126 valence electrons. The number of hydrogen-bond acceptors (Lipinski definition) is 5. The van der Waals surface area contributed by atoms with Crippen molar-refractivity contribution in [3.05, 3.63) is 54.6 Å². The first-order valence-corrected chi connectivity index (χ1v) is 8.82. The molecule has 3 rings (SSSR count). The van der Waals surface area contributed by atoms with E-state index in [0.717, 1.165) is 11.2 Å². The molecule has 0 saturated carbocycles. The maximum atomic E-state index is 12.9. The number of benzene rings is 2. The lowest BCUT2D eigenvalue weighted by molar-refractivity contribution is -0.117. The predicted octanol–water partition coefficient (Wildman–Crippen LogP) is 4.26. The fourth-order valence-corrected chi connectivity index (χ4v) is 3.28. The van der Waals surface area contributed by atoms with Gasteiger partial charge in [0.1, 0.15) is 5.52 Å². The SMILES string of the molecule is C[C@H](Sc1nc2ccccc2o1)C(=O)N(CCC#N)c1ccccc1. The summed E-state index contributed by atoms with van der Waals surface area (Å²) >= 11 is 1.28. The average Bonchev–Trinajstić information content (AvgIpc) is 3.05. The largest absolute Gasteiger partial charge is 0.431 e. The lowest BCUT2D eigenvalue weighted by Gasteiger charge is -2.24. The first-order chi connectivity index (χ1) is 12.2. The van der Waals surface area contributed by atoms with Gasteiger partial charge in [0, 0.05) is 12.2 Å². The minimum absolute atomic E-state index is 0.0753. The molecule has 0 aliphatic rings. The highest BCUT2D eigenvalue weighted by Crippen LogP contribution is 2.28. The van der Waals surface area contributed by atoms with Gasteiger partial charge in [-0.2, -0.15) is 5.26 Å². The molecule has 0 bridgehead atoms. The number of anilines is 1. The zero-order chi connectivity index (χ0) is 17.6. The normalized spacial score (nSPS) is 11.8. The van der Waals surface area contributed by atoms with E-state index in [1.807, 2.05) is 61.5 Å². The van der Waals surface area contributed by atoms with Crippen LogP contribution >= 0.6 is 11.8 Å². The smallest absolute Gasteiger partial charge is 0.257 e. The molecule has 0 N–H and O–H groups in total. The van der Waals surface area contributed by atoms with Crippen molar-refractivity contribution in [1.82, 2.24) is 4.98 Å². The molecule has 1 atom stereocenters. The molecule has 0 spiro atoms. The van der Waals surface area contributed by atoms with Crippen LogP contribution in [-0.4, -0.2) is 22.7 Å². The van der Waals surface area contributed by atoms with E-state index < -0.39 is 0 Å². The Morgan fingerprint density at radius 3 is 2.68 bits per heavy atom. The lowest BCUT2D eigenvalue weighted by atomic mass is 10.2. The van der Waals surface area contributed by atoms with Gasteiger partial charge in [0.05, 0.1) is 17.7 Å². The molecule has 0 aliphatic heterocycles. The Hall–Kier alpha value is -2.78. The minimum atomic E-state index is -0.382. The number of nitriles is 1. The van der Waals surface area contributed by atoms with Crippen LogP contribution in [0.25, 0.3) is 11.1 Å². The third kappa shape index (κ3) is 4.01. The van der Waals surface area contributed by atoms with Crippen molar-refractivity contribution >= 4 is 34.5 Å². The van der Waals surface area contributed by atoms with Crippen LogP contribution in [-0.2, 0) is 4.79 Å². The van der Waals surface area contributed by atoms with Gasteiger partial charge in [-0.1, -0.05) is 42.1 Å². The monoisotopic (exact) mass is 351 g/mol. The van der Waals surface area contributed by atoms with Crippen LogP contribution in [0.15, 0.2) is 64.2 Å². The van der Waals surface area contributed by atoms with E-state index in [2.05, 4.69) is 11.1 Å². The van der Waals surface area contributed by atoms with E-state index in [9.17, 15) is 4.79 Å². The third-order valence-corrected chi connectivity index (χ3v) is 4.61. The van der Waals surface area contributed by atoms with Crippen LogP contribution < -0.4 is 4.90 Å². The van der Waals surface area contributed by atoms with E-state index >= 15 is 0 Å². The van der Waals surface area contributed by atoms with Crippen LogP contribution in [0.3, 0.4) is 0 Å². The highest BCUT2D eigenvalue weighted by Gasteiger charge is 2.24. The van der Waals surface area contributed by atoms with Crippen LogP contribution in [0.5, 0.6) is 0 Å². The lowest BCUT2D eigenvalue weighted by Crippen LogP contribution is -2.37. The topological polar surface area (TPSA) is 70.1 Å². The van der Waals surface area contributed by atoms with Gasteiger partial charge < -0.3 is 9.32 Å². The number of aromatic nitrogens is 1. The summed E-state index contributed by atoms with van der Waals surface area (Å²) in [4.78, 5) is 18.9. The zero-order valence-corrected chi connectivity index (χ0v) is 14.6. The van der Waals surface area contributed by atoms with E-state index in [-0.39, 0.29) is 17.6 Å². The number of amides is 1. The Balaban J connectivity index is 1.77. The molecule has 3 aromatic rings. The van der Waals surface area contributed by atoms with Crippen LogP contribution in [0.4, 0.5) is 5.69 Å². The number of thioether (sulfide) groups is 1. The molecule has 1 aromatic heterocycles. The highest BCUT2D eigenvalue weighted by molar-refractivity contribution is 8.00. The van der Waals surface area contributed by atoms with Gasteiger partial charge in [0.2, 0.25) is 5.91 Å². The molecule has 1 heterocycles. The molecule has 1 amide bonds. The number of hydrogen-bond donors (Lipinski definition) is 0. The fraction of sp³-hybridized carbons (Fsp3) is 0.211. The van der Waals surface area contributed by atoms with Gasteiger partial charge in [-0.05, 0) is 31.2 Å². The Morgan fingerprint density at radius 1 is 1.24 bits per heavy atom. The van der Waals surface area contributed by atoms with Crippen LogP contribution in [0, 0.1) is 11.3 Å². The number of carbonyl (C=O) groups is 1. The van der Waals surface area contributed by atoms with Crippen molar-refractivity contribution in [2.24, 2.45) is 0 Å². The average molecular weight is 351 g/mol. The summed E-state index contributed by atoms with van der Waals surface area (Å²) in [5, 5.41) is 8.97. The Kier molecular flexibility index (Phi) is 5.36.